The van der Waals surface area contributed by atoms with Gasteiger partial charge in [0, 0.05) is 0 Å². The van der Waals surface area contributed by atoms with Crippen molar-refractivity contribution in [3.63, 3.8) is 0 Å². The van der Waals surface area contributed by atoms with Gasteiger partial charge < -0.3 is 0 Å². The Bertz CT molecular complexity index is 64.6. The first kappa shape index (κ1) is 7.03. The van der Waals surface area contributed by atoms with Crippen LogP contribution in [0.15, 0.2) is 12.2 Å². The molecule has 0 fully saturated rings. The van der Waals surface area contributed by atoms with E-state index in [4.69, 9.17) is 11.6 Å². The van der Waals surface area contributed by atoms with Gasteiger partial charge in [-0.2, -0.15) is 0 Å². The average molecular weight is 119 g/mol. The van der Waals surface area contributed by atoms with E-state index < -0.39 is 0 Å². The van der Waals surface area contributed by atoms with Crippen LogP contribution in [-0.2, 0) is 0 Å². The Labute approximate surface area is 50.2 Å². The van der Waals surface area contributed by atoms with E-state index in [1.807, 2.05) is 6.92 Å². The zero-order chi connectivity index (χ0) is 5.86. The van der Waals surface area contributed by atoms with Crippen molar-refractivity contribution < 1.29 is 0 Å². The van der Waals surface area contributed by atoms with Crippen molar-refractivity contribution in [2.24, 2.45) is 0 Å². The Morgan fingerprint density at radius 3 is 2.29 bits per heavy atom. The monoisotopic (exact) mass is 118 g/mol. The third kappa shape index (κ3) is 2.69. The van der Waals surface area contributed by atoms with E-state index in [0.717, 1.165) is 12.0 Å². The lowest BCUT2D eigenvalue weighted by atomic mass is 10.2. The third-order valence-corrected chi connectivity index (χ3v) is 1.33. The van der Waals surface area contributed by atoms with Crippen LogP contribution in [0.25, 0.3) is 0 Å². The number of rotatable bonds is 2. The fourth-order valence-electron chi connectivity index (χ4n) is 0.281. The molecule has 0 aliphatic heterocycles. The van der Waals surface area contributed by atoms with Gasteiger partial charge in [0.2, 0.25) is 0 Å². The highest BCUT2D eigenvalue weighted by atomic mass is 35.5. The van der Waals surface area contributed by atoms with Crippen LogP contribution in [0.4, 0.5) is 0 Å². The molecule has 0 saturated heterocycles. The van der Waals surface area contributed by atoms with Gasteiger partial charge in [-0.25, -0.2) is 0 Å². The minimum atomic E-state index is 0.144. The topological polar surface area (TPSA) is 0 Å². The Balaban J connectivity index is 3.35. The first-order chi connectivity index (χ1) is 3.18. The molecule has 0 aliphatic rings. The third-order valence-electron chi connectivity index (χ3n) is 1.02. The Morgan fingerprint density at radius 1 is 1.86 bits per heavy atom. The van der Waals surface area contributed by atoms with Gasteiger partial charge in [0.15, 0.2) is 0 Å². The largest absolute Gasteiger partial charge is 0.119 e. The summed E-state index contributed by atoms with van der Waals surface area (Å²) >= 11 is 5.63. The maximum absolute atomic E-state index is 5.63. The molecule has 0 N–H and O–H groups in total. The molecule has 0 rings (SSSR count). The molecule has 0 nitrogen and oxygen atoms in total. The van der Waals surface area contributed by atoms with Gasteiger partial charge >= 0.3 is 0 Å². The Kier molecular flexibility index (Phi) is 3.10. The van der Waals surface area contributed by atoms with Crippen molar-refractivity contribution in [1.82, 2.24) is 0 Å². The molecule has 0 spiro atoms. The summed E-state index contributed by atoms with van der Waals surface area (Å²) < 4.78 is 0. The van der Waals surface area contributed by atoms with E-state index in [1.54, 1.807) is 0 Å². The average Bonchev–Trinajstić information content (AvgIpc) is 1.65. The van der Waals surface area contributed by atoms with Gasteiger partial charge in [-0.1, -0.05) is 19.1 Å². The van der Waals surface area contributed by atoms with Crippen LogP contribution in [0.1, 0.15) is 20.3 Å². The minimum absolute atomic E-state index is 0.144. The fraction of sp³-hybridized carbons (Fsp3) is 0.667. The lowest BCUT2D eigenvalue weighted by Crippen LogP contribution is -1.91. The van der Waals surface area contributed by atoms with Crippen LogP contribution in [0.5, 0.6) is 0 Å². The van der Waals surface area contributed by atoms with Gasteiger partial charge in [-0.15, -0.1) is 11.6 Å². The van der Waals surface area contributed by atoms with Gasteiger partial charge in [-0.3, -0.25) is 0 Å². The molecule has 0 bridgehead atoms. The molecule has 1 heteroatoms. The molecule has 1 atom stereocenters. The van der Waals surface area contributed by atoms with Crippen molar-refractivity contribution >= 4 is 11.6 Å². The maximum atomic E-state index is 5.63. The van der Waals surface area contributed by atoms with E-state index in [-0.39, 0.29) is 5.38 Å². The van der Waals surface area contributed by atoms with Crippen LogP contribution in [0, 0.1) is 0 Å². The summed E-state index contributed by atoms with van der Waals surface area (Å²) in [7, 11) is 0. The highest BCUT2D eigenvalue weighted by Crippen LogP contribution is 2.08. The van der Waals surface area contributed by atoms with Crippen LogP contribution < -0.4 is 0 Å². The van der Waals surface area contributed by atoms with Crippen molar-refractivity contribution in [3.8, 4) is 0 Å². The molecular formula is C6H11Cl. The standard InChI is InChI=1S/C6H11Cl/c1-4-5(2)6(3)7/h6H,2,4H2,1,3H3. The van der Waals surface area contributed by atoms with E-state index in [1.165, 1.54) is 0 Å². The summed E-state index contributed by atoms with van der Waals surface area (Å²) in [5.41, 5.74) is 1.11. The second-order valence-electron chi connectivity index (χ2n) is 1.63. The summed E-state index contributed by atoms with van der Waals surface area (Å²) in [4.78, 5) is 0. The van der Waals surface area contributed by atoms with Crippen LogP contribution >= 0.6 is 11.6 Å². The molecular weight excluding hydrogens is 108 g/mol. The van der Waals surface area contributed by atoms with E-state index >= 15 is 0 Å². The maximum Gasteiger partial charge on any atom is 0.0514 e. The quantitative estimate of drug-likeness (QED) is 0.386. The SMILES string of the molecule is C=C(CC)C(C)Cl. The zero-order valence-corrected chi connectivity index (χ0v) is 5.63. The predicted molar refractivity (Wildman–Crippen MR) is 34.7 cm³/mol. The lowest BCUT2D eigenvalue weighted by Gasteiger charge is -2.00. The highest BCUT2D eigenvalue weighted by Gasteiger charge is 1.95. The van der Waals surface area contributed by atoms with Crippen molar-refractivity contribution in [2.75, 3.05) is 0 Å². The normalized spacial score (nSPS) is 13.6. The fourth-order valence-corrected chi connectivity index (χ4v) is 0.436. The zero-order valence-electron chi connectivity index (χ0n) is 4.87. The number of alkyl halides is 1. The Morgan fingerprint density at radius 2 is 2.29 bits per heavy atom. The van der Waals surface area contributed by atoms with Crippen LogP contribution in [-0.4, -0.2) is 5.38 Å². The molecule has 0 amide bonds. The minimum Gasteiger partial charge on any atom is -0.119 e. The van der Waals surface area contributed by atoms with E-state index in [2.05, 4.69) is 13.5 Å². The first-order valence-electron chi connectivity index (χ1n) is 2.50. The Hall–Kier alpha value is 0.0300. The molecule has 0 aromatic rings. The van der Waals surface area contributed by atoms with E-state index in [9.17, 15) is 0 Å². The second kappa shape index (κ2) is 3.09. The van der Waals surface area contributed by atoms with Gasteiger partial charge in [-0.05, 0) is 13.3 Å². The van der Waals surface area contributed by atoms with Crippen molar-refractivity contribution in [2.45, 2.75) is 25.6 Å². The summed E-state index contributed by atoms with van der Waals surface area (Å²) in [5, 5.41) is 0.144. The number of halogens is 1. The number of hydrogen-bond donors (Lipinski definition) is 0. The first-order valence-corrected chi connectivity index (χ1v) is 2.93. The molecule has 0 aliphatic carbocycles. The molecule has 1 unspecified atom stereocenters. The molecule has 0 aromatic heterocycles. The molecule has 42 valence electrons. The van der Waals surface area contributed by atoms with E-state index in [0.29, 0.717) is 0 Å². The predicted octanol–water partition coefficient (Wildman–Crippen LogP) is 2.58. The number of hydrogen-bond acceptors (Lipinski definition) is 0. The molecule has 7 heavy (non-hydrogen) atoms. The lowest BCUT2D eigenvalue weighted by molar-refractivity contribution is 0.992. The van der Waals surface area contributed by atoms with Crippen LogP contribution in [0.3, 0.4) is 0 Å². The van der Waals surface area contributed by atoms with Gasteiger partial charge in [0.25, 0.3) is 0 Å². The van der Waals surface area contributed by atoms with Gasteiger partial charge in [0.05, 0.1) is 5.38 Å². The second-order valence-corrected chi connectivity index (χ2v) is 2.28. The van der Waals surface area contributed by atoms with Gasteiger partial charge in [0.1, 0.15) is 0 Å². The summed E-state index contributed by atoms with van der Waals surface area (Å²) in [6, 6.07) is 0. The summed E-state index contributed by atoms with van der Waals surface area (Å²) in [5.74, 6) is 0. The summed E-state index contributed by atoms with van der Waals surface area (Å²) in [6.07, 6.45) is 0.991. The highest BCUT2D eigenvalue weighted by molar-refractivity contribution is 6.22. The van der Waals surface area contributed by atoms with Crippen molar-refractivity contribution in [3.05, 3.63) is 12.2 Å². The molecule has 0 aromatic carbocycles. The smallest absolute Gasteiger partial charge is 0.0514 e. The van der Waals surface area contributed by atoms with Crippen LogP contribution in [0.2, 0.25) is 0 Å². The molecule has 0 radical (unpaired) electrons. The summed E-state index contributed by atoms with van der Waals surface area (Å²) in [6.45, 7) is 7.74. The number of allylic oxidation sites excluding steroid dienone is 1. The molecule has 0 heterocycles. The molecule has 0 saturated carbocycles. The van der Waals surface area contributed by atoms with Crippen molar-refractivity contribution in [1.29, 1.82) is 0 Å².